The smallest absolute Gasteiger partial charge is 0.303 e. The molecule has 2 saturated heterocycles. The SMILES string of the molecule is O=C(O)CCCC=CC[C@@H]1[C@H](CCS(=O)CC2CCCCC2)[C@@H]2CC[C@H]1O2. The molecule has 27 heavy (non-hydrogen) atoms. The van der Waals surface area contributed by atoms with Gasteiger partial charge >= 0.3 is 5.97 Å². The van der Waals surface area contributed by atoms with Crippen molar-refractivity contribution in [3.63, 3.8) is 0 Å². The van der Waals surface area contributed by atoms with Crippen LogP contribution in [0.15, 0.2) is 12.2 Å². The van der Waals surface area contributed by atoms with Crippen LogP contribution in [0.25, 0.3) is 0 Å². The minimum atomic E-state index is -0.716. The Kier molecular flexibility index (Phi) is 8.38. The van der Waals surface area contributed by atoms with Gasteiger partial charge in [-0.25, -0.2) is 0 Å². The Hall–Kier alpha value is -0.680. The normalized spacial score (nSPS) is 32.3. The lowest BCUT2D eigenvalue weighted by molar-refractivity contribution is -0.137. The van der Waals surface area contributed by atoms with Crippen LogP contribution >= 0.6 is 0 Å². The third kappa shape index (κ3) is 6.42. The van der Waals surface area contributed by atoms with Gasteiger partial charge in [-0.05, 0) is 69.1 Å². The maximum absolute atomic E-state index is 12.6. The first-order valence-electron chi connectivity index (χ1n) is 11.0. The average Bonchev–Trinajstić information content (AvgIpc) is 3.25. The molecular formula is C22H36O4S. The fraction of sp³-hybridized carbons (Fsp3) is 0.864. The number of rotatable bonds is 11. The summed E-state index contributed by atoms with van der Waals surface area (Å²) in [5.41, 5.74) is 0. The molecule has 1 N–H and O–H groups in total. The number of fused-ring (bicyclic) bond motifs is 2. The highest BCUT2D eigenvalue weighted by Crippen LogP contribution is 2.46. The molecule has 4 nitrogen and oxygen atoms in total. The van der Waals surface area contributed by atoms with E-state index < -0.39 is 16.8 Å². The van der Waals surface area contributed by atoms with Crippen molar-refractivity contribution in [1.82, 2.24) is 0 Å². The molecule has 0 aromatic heterocycles. The van der Waals surface area contributed by atoms with Crippen molar-refractivity contribution in [2.45, 2.75) is 89.3 Å². The first kappa shape index (κ1) is 21.0. The summed E-state index contributed by atoms with van der Waals surface area (Å²) in [6.45, 7) is 0. The fourth-order valence-electron chi connectivity index (χ4n) is 5.31. The molecule has 5 heteroatoms. The molecule has 0 aromatic rings. The first-order chi connectivity index (χ1) is 13.1. The minimum absolute atomic E-state index is 0.247. The highest BCUT2D eigenvalue weighted by molar-refractivity contribution is 7.84. The average molecular weight is 397 g/mol. The van der Waals surface area contributed by atoms with Crippen LogP contribution in [0.5, 0.6) is 0 Å². The lowest BCUT2D eigenvalue weighted by Crippen LogP contribution is -2.28. The Morgan fingerprint density at radius 2 is 1.78 bits per heavy atom. The number of carboxylic acid groups (broad SMARTS) is 1. The number of carbonyl (C=O) groups is 1. The molecule has 3 aliphatic rings. The lowest BCUT2D eigenvalue weighted by atomic mass is 9.76. The van der Waals surface area contributed by atoms with Crippen molar-refractivity contribution < 1.29 is 18.8 Å². The second-order valence-corrected chi connectivity index (χ2v) is 10.3. The number of aliphatic carboxylic acids is 1. The van der Waals surface area contributed by atoms with Gasteiger partial charge in [0, 0.05) is 28.7 Å². The van der Waals surface area contributed by atoms with Gasteiger partial charge in [0.05, 0.1) is 12.2 Å². The largest absolute Gasteiger partial charge is 0.481 e. The van der Waals surface area contributed by atoms with Crippen LogP contribution in [0, 0.1) is 17.8 Å². The van der Waals surface area contributed by atoms with E-state index in [9.17, 15) is 9.00 Å². The fourth-order valence-corrected chi connectivity index (χ4v) is 6.87. The topological polar surface area (TPSA) is 63.6 Å². The number of allylic oxidation sites excluding steroid dienone is 2. The molecule has 3 fully saturated rings. The Labute approximate surface area is 166 Å². The summed E-state index contributed by atoms with van der Waals surface area (Å²) < 4.78 is 18.8. The van der Waals surface area contributed by atoms with Crippen LogP contribution in [0.3, 0.4) is 0 Å². The zero-order valence-corrected chi connectivity index (χ0v) is 17.3. The molecule has 5 atom stereocenters. The molecule has 2 heterocycles. The van der Waals surface area contributed by atoms with Crippen LogP contribution in [-0.4, -0.2) is 39.0 Å². The summed E-state index contributed by atoms with van der Waals surface area (Å²) in [5, 5.41) is 8.69. The van der Waals surface area contributed by atoms with Gasteiger partial charge in [0.15, 0.2) is 0 Å². The summed E-state index contributed by atoms with van der Waals surface area (Å²) >= 11 is 0. The highest BCUT2D eigenvalue weighted by Gasteiger charge is 2.47. The van der Waals surface area contributed by atoms with E-state index in [2.05, 4.69) is 12.2 Å². The first-order valence-corrected chi connectivity index (χ1v) is 12.5. The van der Waals surface area contributed by atoms with Gasteiger partial charge in [-0.1, -0.05) is 31.4 Å². The molecule has 0 spiro atoms. The summed E-state index contributed by atoms with van der Waals surface area (Å²) in [7, 11) is -0.674. The maximum atomic E-state index is 12.6. The Bertz CT molecular complexity index is 526. The van der Waals surface area contributed by atoms with Crippen molar-refractivity contribution in [3.8, 4) is 0 Å². The zero-order chi connectivity index (χ0) is 19.1. The van der Waals surface area contributed by atoms with Gasteiger partial charge in [0.1, 0.15) is 0 Å². The van der Waals surface area contributed by atoms with E-state index in [1.807, 2.05) is 0 Å². The molecule has 0 aromatic carbocycles. The summed E-state index contributed by atoms with van der Waals surface area (Å²) in [4.78, 5) is 10.6. The predicted molar refractivity (Wildman–Crippen MR) is 109 cm³/mol. The number of unbranched alkanes of at least 4 members (excludes halogenated alkanes) is 1. The van der Waals surface area contributed by atoms with E-state index in [1.54, 1.807) is 0 Å². The molecule has 154 valence electrons. The molecule has 2 bridgehead atoms. The van der Waals surface area contributed by atoms with Crippen LogP contribution in [0.1, 0.15) is 77.0 Å². The van der Waals surface area contributed by atoms with Gasteiger partial charge in [-0.3, -0.25) is 9.00 Å². The third-order valence-corrected chi connectivity index (χ3v) is 8.29. The van der Waals surface area contributed by atoms with E-state index in [0.29, 0.717) is 36.4 Å². The zero-order valence-electron chi connectivity index (χ0n) is 16.5. The molecular weight excluding hydrogens is 360 g/mol. The molecule has 1 saturated carbocycles. The monoisotopic (exact) mass is 396 g/mol. The van der Waals surface area contributed by atoms with E-state index in [0.717, 1.165) is 30.8 Å². The second-order valence-electron chi connectivity index (χ2n) is 8.71. The van der Waals surface area contributed by atoms with E-state index >= 15 is 0 Å². The van der Waals surface area contributed by atoms with Crippen molar-refractivity contribution in [3.05, 3.63) is 12.2 Å². The van der Waals surface area contributed by atoms with E-state index in [4.69, 9.17) is 9.84 Å². The number of ether oxygens (including phenoxy) is 1. The van der Waals surface area contributed by atoms with Crippen molar-refractivity contribution in [2.75, 3.05) is 11.5 Å². The van der Waals surface area contributed by atoms with Crippen LogP contribution in [0.2, 0.25) is 0 Å². The van der Waals surface area contributed by atoms with Crippen LogP contribution in [-0.2, 0) is 20.3 Å². The van der Waals surface area contributed by atoms with Gasteiger partial charge in [-0.15, -0.1) is 0 Å². The molecule has 3 rings (SSSR count). The quantitative estimate of drug-likeness (QED) is 0.406. The Balaban J connectivity index is 1.40. The van der Waals surface area contributed by atoms with Crippen molar-refractivity contribution in [2.24, 2.45) is 17.8 Å². The number of hydrogen-bond acceptors (Lipinski definition) is 3. The molecule has 0 amide bonds. The molecule has 1 aliphatic carbocycles. The lowest BCUT2D eigenvalue weighted by Gasteiger charge is -2.27. The maximum Gasteiger partial charge on any atom is 0.303 e. The molecule has 0 radical (unpaired) electrons. The van der Waals surface area contributed by atoms with Gasteiger partial charge < -0.3 is 9.84 Å². The Morgan fingerprint density at radius 1 is 1.04 bits per heavy atom. The second kappa shape index (κ2) is 10.8. The number of carboxylic acids is 1. The third-order valence-electron chi connectivity index (χ3n) is 6.75. The van der Waals surface area contributed by atoms with E-state index in [1.165, 1.54) is 44.9 Å². The van der Waals surface area contributed by atoms with Gasteiger partial charge in [0.25, 0.3) is 0 Å². The van der Waals surface area contributed by atoms with Gasteiger partial charge in [-0.2, -0.15) is 0 Å². The summed E-state index contributed by atoms with van der Waals surface area (Å²) in [5.74, 6) is 2.85. The van der Waals surface area contributed by atoms with Crippen molar-refractivity contribution in [1.29, 1.82) is 0 Å². The predicted octanol–water partition coefficient (Wildman–Crippen LogP) is 4.70. The summed E-state index contributed by atoms with van der Waals surface area (Å²) in [6.07, 6.45) is 17.9. The Morgan fingerprint density at radius 3 is 2.52 bits per heavy atom. The van der Waals surface area contributed by atoms with Crippen LogP contribution in [0.4, 0.5) is 0 Å². The molecule has 1 unspecified atom stereocenters. The summed E-state index contributed by atoms with van der Waals surface area (Å²) in [6, 6.07) is 0. The highest BCUT2D eigenvalue weighted by atomic mass is 32.2. The molecule has 2 aliphatic heterocycles. The standard InChI is InChI=1S/C22H36O4S/c23-22(24)11-7-2-1-6-10-18-19(21-13-12-20(18)26-21)14-15-27(25)16-17-8-4-3-5-9-17/h1,6,17-21H,2-5,7-16H2,(H,23,24)/t18-,19+,20-,21+,27?/m1/s1. The van der Waals surface area contributed by atoms with Gasteiger partial charge in [0.2, 0.25) is 0 Å². The van der Waals surface area contributed by atoms with Crippen molar-refractivity contribution >= 4 is 16.8 Å². The minimum Gasteiger partial charge on any atom is -0.481 e. The van der Waals surface area contributed by atoms with Crippen LogP contribution < -0.4 is 0 Å². The number of hydrogen-bond donors (Lipinski definition) is 1. The van der Waals surface area contributed by atoms with E-state index in [-0.39, 0.29) is 6.42 Å².